The quantitative estimate of drug-likeness (QED) is 0.174. The van der Waals surface area contributed by atoms with Crippen molar-refractivity contribution in [3.05, 3.63) is 46.5 Å². The van der Waals surface area contributed by atoms with Gasteiger partial charge in [0.25, 0.3) is 5.69 Å². The van der Waals surface area contributed by atoms with Gasteiger partial charge in [-0.1, -0.05) is 26.5 Å². The zero-order chi connectivity index (χ0) is 33.9. The molecule has 0 amide bonds. The highest BCUT2D eigenvalue weighted by Crippen LogP contribution is 2.76. The van der Waals surface area contributed by atoms with Crippen LogP contribution in [0.1, 0.15) is 65.2 Å². The fourth-order valence-electron chi connectivity index (χ4n) is 10.5. The molecule has 5 saturated carbocycles. The van der Waals surface area contributed by atoms with Crippen molar-refractivity contribution in [3.63, 3.8) is 0 Å². The van der Waals surface area contributed by atoms with Crippen LogP contribution in [-0.2, 0) is 33.9 Å². The number of carbonyl (C=O) groups excluding carboxylic acids is 3. The molecule has 2 saturated heterocycles. The van der Waals surface area contributed by atoms with Crippen LogP contribution < -0.4 is 4.72 Å². The minimum Gasteiger partial charge on any atom is -0.460 e. The van der Waals surface area contributed by atoms with E-state index < -0.39 is 90.7 Å². The minimum absolute atomic E-state index is 0.105. The molecule has 1 aromatic carbocycles. The largest absolute Gasteiger partial charge is 0.460 e. The number of ether oxygens (including phenoxy) is 2. The molecule has 0 unspecified atom stereocenters. The van der Waals surface area contributed by atoms with Gasteiger partial charge in [0.15, 0.2) is 5.78 Å². The molecular formula is C33H40N2O11S. The number of nitrogens with one attached hydrogen (secondary N) is 1. The van der Waals surface area contributed by atoms with Gasteiger partial charge in [0.1, 0.15) is 23.4 Å². The highest BCUT2D eigenvalue weighted by atomic mass is 32.2. The van der Waals surface area contributed by atoms with Gasteiger partial charge < -0.3 is 19.7 Å². The first-order valence-corrected chi connectivity index (χ1v) is 17.8. The van der Waals surface area contributed by atoms with Crippen LogP contribution in [-0.4, -0.2) is 71.7 Å². The third-order valence-electron chi connectivity index (χ3n) is 12.6. The number of hydrogen-bond donors (Lipinski definition) is 3. The summed E-state index contributed by atoms with van der Waals surface area (Å²) in [5.74, 6) is -6.23. The Balaban J connectivity index is 1.12. The van der Waals surface area contributed by atoms with Crippen molar-refractivity contribution in [2.24, 2.45) is 39.9 Å². The predicted octanol–water partition coefficient (Wildman–Crippen LogP) is 2.58. The summed E-state index contributed by atoms with van der Waals surface area (Å²) < 4.78 is 40.7. The summed E-state index contributed by atoms with van der Waals surface area (Å²) in [6.45, 7) is 7.83. The Morgan fingerprint density at radius 2 is 1.85 bits per heavy atom. The molecular weight excluding hydrogens is 632 g/mol. The van der Waals surface area contributed by atoms with E-state index in [1.807, 2.05) is 13.8 Å². The van der Waals surface area contributed by atoms with E-state index >= 15 is 0 Å². The molecule has 47 heavy (non-hydrogen) atoms. The standard InChI is InChI=1S/C33H40N2O11S/c1-17-22-11-12-23-31-16-45-33(40,27(38)25(31)30(2,3)14-13-24(31)36)32(23,26(17)37)28(22)46-29(39)18-7-9-19(10-8-18)34-47(43,44)21-6-4-5-20(15-21)35(41)42/h4-6,15,18-19,22-23,25,27-28,34,38,40H,1,7-14,16H2,2-3H3/t18?,19?,22-,23-,25+,27-,28+,31+,32-,33-/m0/s1. The number of fused-ring (bicyclic) bond motifs is 2. The molecule has 2 spiro atoms. The summed E-state index contributed by atoms with van der Waals surface area (Å²) in [6, 6.07) is 4.24. The highest BCUT2D eigenvalue weighted by Gasteiger charge is 2.88. The lowest BCUT2D eigenvalue weighted by molar-refractivity contribution is -0.437. The number of nitro groups is 1. The summed E-state index contributed by atoms with van der Waals surface area (Å²) in [5, 5.41) is 35.3. The fourth-order valence-corrected chi connectivity index (χ4v) is 11.8. The highest BCUT2D eigenvalue weighted by molar-refractivity contribution is 7.89. The number of aliphatic hydroxyl groups excluding tert-OH is 1. The average Bonchev–Trinajstić information content (AvgIpc) is 3.14. The maximum atomic E-state index is 14.3. The molecule has 4 bridgehead atoms. The number of nitrogens with zero attached hydrogens (tertiary/aromatic N) is 1. The van der Waals surface area contributed by atoms with Gasteiger partial charge in [0, 0.05) is 36.4 Å². The number of ketones is 2. The van der Waals surface area contributed by atoms with Gasteiger partial charge in [-0.25, -0.2) is 13.1 Å². The fraction of sp³-hybridized carbons (Fsp3) is 0.667. The van der Waals surface area contributed by atoms with E-state index in [9.17, 15) is 43.1 Å². The number of rotatable bonds is 6. The smallest absolute Gasteiger partial charge is 0.309 e. The molecule has 254 valence electrons. The summed E-state index contributed by atoms with van der Waals surface area (Å²) >= 11 is 0. The third-order valence-corrected chi connectivity index (χ3v) is 14.1. The Morgan fingerprint density at radius 1 is 1.15 bits per heavy atom. The topological polar surface area (TPSA) is 199 Å². The maximum Gasteiger partial charge on any atom is 0.309 e. The second kappa shape index (κ2) is 10.5. The van der Waals surface area contributed by atoms with Gasteiger partial charge in [-0.2, -0.15) is 0 Å². The normalized spacial score (nSPS) is 42.0. The molecule has 5 aliphatic carbocycles. The van der Waals surface area contributed by atoms with Gasteiger partial charge in [-0.3, -0.25) is 24.5 Å². The van der Waals surface area contributed by atoms with E-state index in [1.165, 1.54) is 18.2 Å². The maximum absolute atomic E-state index is 14.3. The number of benzene rings is 1. The average molecular weight is 673 g/mol. The monoisotopic (exact) mass is 672 g/mol. The first-order chi connectivity index (χ1) is 22.0. The second-order valence-corrected chi connectivity index (χ2v) is 16.8. The summed E-state index contributed by atoms with van der Waals surface area (Å²) in [5.41, 5.74) is -3.79. The van der Waals surface area contributed by atoms with Gasteiger partial charge in [0.2, 0.25) is 15.8 Å². The van der Waals surface area contributed by atoms with Crippen LogP contribution in [0.5, 0.6) is 0 Å². The number of sulfonamides is 1. The summed E-state index contributed by atoms with van der Waals surface area (Å²) in [7, 11) is -4.06. The number of esters is 1. The van der Waals surface area contributed by atoms with Crippen LogP contribution in [0.2, 0.25) is 0 Å². The minimum atomic E-state index is -4.06. The Hall–Kier alpha value is -3.04. The van der Waals surface area contributed by atoms with Crippen LogP contribution in [0.3, 0.4) is 0 Å². The number of hydrogen-bond acceptors (Lipinski definition) is 11. The molecule has 1 aromatic rings. The SMILES string of the molecule is C=C1C(=O)[C@]23[C@H](OC(=O)C4CCC(NS(=O)(=O)c5cccc([N+](=O)[O-])c5)CC4)[C@H]1CC[C@H]2[C@@]12CO[C@@]3(O)[C@@H](O)[C@@H]1C(C)(C)CCC2=O. The molecule has 3 N–H and O–H groups in total. The summed E-state index contributed by atoms with van der Waals surface area (Å²) in [4.78, 5) is 52.2. The molecule has 2 heterocycles. The molecule has 8 rings (SSSR count). The molecule has 13 nitrogen and oxygen atoms in total. The third kappa shape index (κ3) is 4.20. The van der Waals surface area contributed by atoms with Gasteiger partial charge in [-0.15, -0.1) is 0 Å². The molecule has 8 atom stereocenters. The van der Waals surface area contributed by atoms with E-state index in [2.05, 4.69) is 11.3 Å². The Kier molecular flexibility index (Phi) is 7.25. The number of aliphatic hydroxyl groups is 2. The van der Waals surface area contributed by atoms with Crippen molar-refractivity contribution in [1.29, 1.82) is 0 Å². The Labute approximate surface area is 272 Å². The van der Waals surface area contributed by atoms with Crippen molar-refractivity contribution >= 4 is 33.2 Å². The molecule has 7 aliphatic rings. The van der Waals surface area contributed by atoms with E-state index in [0.717, 1.165) is 6.07 Å². The lowest BCUT2D eigenvalue weighted by Crippen LogP contribution is -2.85. The molecule has 7 fully saturated rings. The van der Waals surface area contributed by atoms with Gasteiger partial charge >= 0.3 is 5.97 Å². The number of non-ortho nitro benzene ring substituents is 1. The molecule has 2 aliphatic heterocycles. The van der Waals surface area contributed by atoms with Crippen LogP contribution in [0.25, 0.3) is 0 Å². The van der Waals surface area contributed by atoms with Crippen molar-refractivity contribution < 1.29 is 47.4 Å². The number of carbonyl (C=O) groups is 3. The number of nitro benzene ring substituents is 1. The van der Waals surface area contributed by atoms with Crippen molar-refractivity contribution in [2.45, 2.75) is 94.1 Å². The van der Waals surface area contributed by atoms with Crippen LogP contribution >= 0.6 is 0 Å². The number of Topliss-reactive ketones (excluding diaryl/α,β-unsaturated/α-hetero) is 2. The first-order valence-electron chi connectivity index (χ1n) is 16.3. The zero-order valence-electron chi connectivity index (χ0n) is 26.3. The Bertz CT molecular complexity index is 1700. The predicted molar refractivity (Wildman–Crippen MR) is 163 cm³/mol. The van der Waals surface area contributed by atoms with Crippen LogP contribution in [0.15, 0.2) is 41.3 Å². The van der Waals surface area contributed by atoms with Crippen molar-refractivity contribution in [1.82, 2.24) is 4.72 Å². The van der Waals surface area contributed by atoms with E-state index in [1.54, 1.807) is 0 Å². The summed E-state index contributed by atoms with van der Waals surface area (Å²) in [6.07, 6.45) is -0.0179. The molecule has 14 heteroatoms. The lowest BCUT2D eigenvalue weighted by Gasteiger charge is -2.73. The second-order valence-electron chi connectivity index (χ2n) is 15.1. The van der Waals surface area contributed by atoms with Crippen molar-refractivity contribution in [2.75, 3.05) is 6.61 Å². The van der Waals surface area contributed by atoms with E-state index in [0.29, 0.717) is 32.1 Å². The Morgan fingerprint density at radius 3 is 2.53 bits per heavy atom. The van der Waals surface area contributed by atoms with Crippen LogP contribution in [0.4, 0.5) is 5.69 Å². The van der Waals surface area contributed by atoms with Crippen LogP contribution in [0, 0.1) is 50.0 Å². The zero-order valence-corrected chi connectivity index (χ0v) is 27.2. The molecule has 0 radical (unpaired) electrons. The van der Waals surface area contributed by atoms with E-state index in [-0.39, 0.29) is 47.8 Å². The van der Waals surface area contributed by atoms with E-state index in [4.69, 9.17) is 9.47 Å². The van der Waals surface area contributed by atoms with Gasteiger partial charge in [0.05, 0.1) is 27.8 Å². The first kappa shape index (κ1) is 32.5. The van der Waals surface area contributed by atoms with Gasteiger partial charge in [-0.05, 0) is 67.9 Å². The lowest BCUT2D eigenvalue weighted by atomic mass is 9.36. The van der Waals surface area contributed by atoms with Crippen molar-refractivity contribution in [3.8, 4) is 0 Å². The molecule has 0 aromatic heterocycles.